The summed E-state index contributed by atoms with van der Waals surface area (Å²) in [5.74, 6) is 0.0104. The predicted molar refractivity (Wildman–Crippen MR) is 99.8 cm³/mol. The summed E-state index contributed by atoms with van der Waals surface area (Å²) in [5.41, 5.74) is 6.06. The Morgan fingerprint density at radius 3 is 2.85 bits per heavy atom. The average molecular weight is 381 g/mol. The van der Waals surface area contributed by atoms with Crippen LogP contribution in [0, 0.1) is 5.82 Å². The number of nitrogens with one attached hydrogen (secondary N) is 2. The summed E-state index contributed by atoms with van der Waals surface area (Å²) < 4.78 is 20.7. The number of hydrogen-bond donors (Lipinski definition) is 3. The van der Waals surface area contributed by atoms with Gasteiger partial charge in [-0.05, 0) is 25.5 Å². The number of carbonyl (C=O) groups is 1. The molecule has 140 valence electrons. The molecular formula is C18H22ClFN4O2. The maximum absolute atomic E-state index is 15.1. The molecule has 0 saturated heterocycles. The molecule has 26 heavy (non-hydrogen) atoms. The number of rotatable bonds is 9. The highest BCUT2D eigenvalue weighted by atomic mass is 35.5. The van der Waals surface area contributed by atoms with Gasteiger partial charge in [0.2, 0.25) is 6.41 Å². The molecule has 6 nitrogen and oxygen atoms in total. The lowest BCUT2D eigenvalue weighted by Crippen LogP contribution is -2.38. The largest absolute Gasteiger partial charge is 0.452 e. The first kappa shape index (κ1) is 19.9. The van der Waals surface area contributed by atoms with Crippen LogP contribution in [0.3, 0.4) is 0 Å². The standard InChI is InChI=1S/C18H22ClFN4O2/c1-3-15(24-11(2)9-22-10-25)13-4-5-14(19)18(17(13)20)26-12-6-7-23-16(21)8-12/h4-8,10-11,15,24H,3,9H2,1-2H3,(H2,21,23)(H,22,25)/t11?,15-/m1/s1. The normalized spacial score (nSPS) is 13.1. The van der Waals surface area contributed by atoms with E-state index in [0.717, 1.165) is 0 Å². The van der Waals surface area contributed by atoms with Gasteiger partial charge in [0.1, 0.15) is 11.6 Å². The molecule has 1 aromatic carbocycles. The molecule has 0 saturated carbocycles. The maximum Gasteiger partial charge on any atom is 0.207 e. The van der Waals surface area contributed by atoms with E-state index in [0.29, 0.717) is 30.7 Å². The summed E-state index contributed by atoms with van der Waals surface area (Å²) in [5, 5.41) is 6.05. The van der Waals surface area contributed by atoms with Crippen LogP contribution in [0.1, 0.15) is 31.9 Å². The van der Waals surface area contributed by atoms with Crippen molar-refractivity contribution in [2.75, 3.05) is 12.3 Å². The predicted octanol–water partition coefficient (Wildman–Crippen LogP) is 3.42. The fourth-order valence-electron chi connectivity index (χ4n) is 2.57. The second-order valence-electron chi connectivity index (χ2n) is 5.85. The molecule has 1 aromatic heterocycles. The highest BCUT2D eigenvalue weighted by Crippen LogP contribution is 2.36. The highest BCUT2D eigenvalue weighted by Gasteiger charge is 2.21. The van der Waals surface area contributed by atoms with Crippen LogP contribution < -0.4 is 21.1 Å². The summed E-state index contributed by atoms with van der Waals surface area (Å²) in [7, 11) is 0. The molecule has 0 aliphatic carbocycles. The smallest absolute Gasteiger partial charge is 0.207 e. The van der Waals surface area contributed by atoms with Crippen molar-refractivity contribution in [1.82, 2.24) is 15.6 Å². The van der Waals surface area contributed by atoms with Crippen LogP contribution in [0.15, 0.2) is 30.5 Å². The third-order valence-corrected chi connectivity index (χ3v) is 4.13. The Morgan fingerprint density at radius 1 is 1.42 bits per heavy atom. The number of carbonyl (C=O) groups excluding carboxylic acids is 1. The van der Waals surface area contributed by atoms with Gasteiger partial charge in [-0.1, -0.05) is 24.6 Å². The first-order valence-corrected chi connectivity index (χ1v) is 8.64. The van der Waals surface area contributed by atoms with E-state index in [1.165, 1.54) is 12.3 Å². The summed E-state index contributed by atoms with van der Waals surface area (Å²) in [6.45, 7) is 4.29. The van der Waals surface area contributed by atoms with E-state index < -0.39 is 5.82 Å². The Kier molecular flexibility index (Phi) is 7.17. The number of nitrogens with zero attached hydrogens (tertiary/aromatic N) is 1. The monoisotopic (exact) mass is 380 g/mol. The number of benzene rings is 1. The minimum Gasteiger partial charge on any atom is -0.452 e. The van der Waals surface area contributed by atoms with Crippen LogP contribution >= 0.6 is 11.6 Å². The molecule has 4 N–H and O–H groups in total. The highest BCUT2D eigenvalue weighted by molar-refractivity contribution is 6.32. The van der Waals surface area contributed by atoms with Crippen molar-refractivity contribution in [1.29, 1.82) is 0 Å². The molecule has 0 aliphatic rings. The van der Waals surface area contributed by atoms with Crippen molar-refractivity contribution in [2.24, 2.45) is 0 Å². The van der Waals surface area contributed by atoms with Crippen LogP contribution in [-0.2, 0) is 4.79 Å². The molecule has 2 aromatic rings. The first-order valence-electron chi connectivity index (χ1n) is 8.26. The van der Waals surface area contributed by atoms with Gasteiger partial charge < -0.3 is 21.1 Å². The number of hydrogen-bond acceptors (Lipinski definition) is 5. The SMILES string of the molecule is CC[C@@H](NC(C)CNC=O)c1ccc(Cl)c(Oc2ccnc(N)c2)c1F. The first-order chi connectivity index (χ1) is 12.5. The molecule has 2 atom stereocenters. The van der Waals surface area contributed by atoms with Crippen molar-refractivity contribution in [3.63, 3.8) is 0 Å². The Labute approximate surface area is 156 Å². The number of nitrogen functional groups attached to an aromatic ring is 1. The topological polar surface area (TPSA) is 89.3 Å². The van der Waals surface area contributed by atoms with Gasteiger partial charge in [-0.2, -0.15) is 0 Å². The molecular weight excluding hydrogens is 359 g/mol. The van der Waals surface area contributed by atoms with Crippen molar-refractivity contribution in [3.8, 4) is 11.5 Å². The number of nitrogens with two attached hydrogens (primary N) is 1. The quantitative estimate of drug-likeness (QED) is 0.580. The molecule has 1 unspecified atom stereocenters. The van der Waals surface area contributed by atoms with Crippen LogP contribution in [0.2, 0.25) is 5.02 Å². The van der Waals surface area contributed by atoms with Gasteiger partial charge in [-0.3, -0.25) is 4.79 Å². The van der Waals surface area contributed by atoms with Gasteiger partial charge in [0, 0.05) is 36.5 Å². The Balaban J connectivity index is 2.27. The minimum atomic E-state index is -0.539. The lowest BCUT2D eigenvalue weighted by atomic mass is 10.0. The fraction of sp³-hybridized carbons (Fsp3) is 0.333. The number of halogens is 2. The Hall–Kier alpha value is -2.38. The molecule has 0 aliphatic heterocycles. The number of amides is 1. The van der Waals surface area contributed by atoms with Crippen LogP contribution in [0.25, 0.3) is 0 Å². The van der Waals surface area contributed by atoms with Gasteiger partial charge in [0.25, 0.3) is 0 Å². The molecule has 0 spiro atoms. The van der Waals surface area contributed by atoms with Gasteiger partial charge >= 0.3 is 0 Å². The Bertz CT molecular complexity index is 760. The van der Waals surface area contributed by atoms with Crippen LogP contribution in [-0.4, -0.2) is 24.0 Å². The van der Waals surface area contributed by atoms with Gasteiger partial charge in [0.15, 0.2) is 11.6 Å². The van der Waals surface area contributed by atoms with E-state index >= 15 is 4.39 Å². The van der Waals surface area contributed by atoms with E-state index in [9.17, 15) is 4.79 Å². The zero-order chi connectivity index (χ0) is 19.1. The molecule has 1 heterocycles. The van der Waals surface area contributed by atoms with Crippen LogP contribution in [0.4, 0.5) is 10.2 Å². The zero-order valence-electron chi connectivity index (χ0n) is 14.6. The summed E-state index contributed by atoms with van der Waals surface area (Å²) in [4.78, 5) is 14.3. The third kappa shape index (κ3) is 5.06. The Morgan fingerprint density at radius 2 is 2.19 bits per heavy atom. The number of pyridine rings is 1. The van der Waals surface area contributed by atoms with Crippen molar-refractivity contribution < 1.29 is 13.9 Å². The number of ether oxygens (including phenoxy) is 1. The van der Waals surface area contributed by atoms with E-state index in [1.54, 1.807) is 18.2 Å². The molecule has 8 heteroatoms. The van der Waals surface area contributed by atoms with Crippen LogP contribution in [0.5, 0.6) is 11.5 Å². The lowest BCUT2D eigenvalue weighted by Gasteiger charge is -2.24. The molecule has 0 radical (unpaired) electrons. The molecule has 0 bridgehead atoms. The van der Waals surface area contributed by atoms with Crippen molar-refractivity contribution >= 4 is 23.8 Å². The van der Waals surface area contributed by atoms with Gasteiger partial charge in [-0.15, -0.1) is 0 Å². The summed E-state index contributed by atoms with van der Waals surface area (Å²) in [6, 6.07) is 5.99. The maximum atomic E-state index is 15.1. The fourth-order valence-corrected chi connectivity index (χ4v) is 2.76. The third-order valence-electron chi connectivity index (χ3n) is 3.83. The number of aromatic nitrogens is 1. The number of anilines is 1. The summed E-state index contributed by atoms with van der Waals surface area (Å²) >= 11 is 6.13. The van der Waals surface area contributed by atoms with Gasteiger partial charge in [-0.25, -0.2) is 9.37 Å². The van der Waals surface area contributed by atoms with Crippen molar-refractivity contribution in [2.45, 2.75) is 32.4 Å². The zero-order valence-corrected chi connectivity index (χ0v) is 15.4. The van der Waals surface area contributed by atoms with E-state index in [2.05, 4.69) is 15.6 Å². The van der Waals surface area contributed by atoms with Crippen molar-refractivity contribution in [3.05, 3.63) is 46.9 Å². The van der Waals surface area contributed by atoms with E-state index in [4.69, 9.17) is 22.1 Å². The second kappa shape index (κ2) is 9.35. The van der Waals surface area contributed by atoms with E-state index in [-0.39, 0.29) is 28.7 Å². The second-order valence-corrected chi connectivity index (χ2v) is 6.26. The molecule has 2 rings (SSSR count). The van der Waals surface area contributed by atoms with Gasteiger partial charge in [0.05, 0.1) is 5.02 Å². The summed E-state index contributed by atoms with van der Waals surface area (Å²) in [6.07, 6.45) is 2.75. The molecule has 1 amide bonds. The molecule has 0 fully saturated rings. The average Bonchev–Trinajstić information content (AvgIpc) is 2.62. The minimum absolute atomic E-state index is 0.0374. The lowest BCUT2D eigenvalue weighted by molar-refractivity contribution is -0.109. The van der Waals surface area contributed by atoms with E-state index in [1.807, 2.05) is 13.8 Å².